The van der Waals surface area contributed by atoms with Crippen molar-refractivity contribution >= 4 is 17.0 Å². The van der Waals surface area contributed by atoms with Gasteiger partial charge in [0.25, 0.3) is 0 Å². The van der Waals surface area contributed by atoms with Crippen LogP contribution < -0.4 is 10.6 Å². The van der Waals surface area contributed by atoms with Crippen LogP contribution in [-0.4, -0.2) is 39.6 Å². The molecular weight excluding hydrogens is 180 g/mol. The summed E-state index contributed by atoms with van der Waals surface area (Å²) in [7, 11) is 0. The van der Waals surface area contributed by atoms with E-state index in [1.807, 2.05) is 0 Å². The summed E-state index contributed by atoms with van der Waals surface area (Å²) in [5.74, 6) is -0.853. The molecule has 0 aromatic rings. The van der Waals surface area contributed by atoms with E-state index < -0.39 is 22.7 Å². The molecule has 2 N–H and O–H groups in total. The van der Waals surface area contributed by atoms with Gasteiger partial charge in [0, 0.05) is 12.6 Å². The summed E-state index contributed by atoms with van der Waals surface area (Å²) in [6, 6.07) is 0.0982. The maximum atomic E-state index is 10.9. The second-order valence-electron chi connectivity index (χ2n) is 2.71. The first-order valence-corrected chi connectivity index (χ1v) is 4.99. The highest BCUT2D eigenvalue weighted by Gasteiger charge is 2.15. The molecule has 1 rings (SSSR count). The van der Waals surface area contributed by atoms with Crippen LogP contribution in [0.2, 0.25) is 0 Å². The van der Waals surface area contributed by atoms with Gasteiger partial charge in [0.1, 0.15) is 0 Å². The Morgan fingerprint density at radius 2 is 2.50 bits per heavy atom. The predicted octanol–water partition coefficient (Wildman–Crippen LogP) is -1.66. The molecule has 0 aliphatic carbocycles. The summed E-state index contributed by atoms with van der Waals surface area (Å²) in [4.78, 5) is 10.9. The van der Waals surface area contributed by atoms with Crippen molar-refractivity contribution in [2.45, 2.75) is 12.5 Å². The summed E-state index contributed by atoms with van der Waals surface area (Å²) in [5, 5.41) is 5.68. The molecule has 70 valence electrons. The van der Waals surface area contributed by atoms with Crippen LogP contribution in [0.4, 0.5) is 0 Å². The minimum atomic E-state index is -2.28. The lowest BCUT2D eigenvalue weighted by molar-refractivity contribution is -0.119. The van der Waals surface area contributed by atoms with Gasteiger partial charge in [-0.25, -0.2) is 0 Å². The minimum Gasteiger partial charge on any atom is -0.772 e. The molecule has 5 nitrogen and oxygen atoms in total. The molecular formula is C6H11N2O3S-. The lowest BCUT2D eigenvalue weighted by Crippen LogP contribution is -2.38. The predicted molar refractivity (Wildman–Crippen MR) is 43.2 cm³/mol. The van der Waals surface area contributed by atoms with Crippen LogP contribution in [0.15, 0.2) is 0 Å². The summed E-state index contributed by atoms with van der Waals surface area (Å²) in [6.45, 7) is 1.61. The Bertz CT molecular complexity index is 191. The third-order valence-electron chi connectivity index (χ3n) is 1.67. The average Bonchev–Trinajstić information content (AvgIpc) is 2.37. The van der Waals surface area contributed by atoms with Crippen LogP contribution in [0, 0.1) is 0 Å². The molecule has 0 aromatic carbocycles. The van der Waals surface area contributed by atoms with Crippen molar-refractivity contribution < 1.29 is 13.6 Å². The van der Waals surface area contributed by atoms with Gasteiger partial charge in [-0.3, -0.25) is 9.00 Å². The van der Waals surface area contributed by atoms with Crippen LogP contribution in [0.3, 0.4) is 0 Å². The van der Waals surface area contributed by atoms with Crippen LogP contribution in [-0.2, 0) is 15.9 Å². The molecule has 1 heterocycles. The zero-order valence-corrected chi connectivity index (χ0v) is 7.36. The van der Waals surface area contributed by atoms with Crippen LogP contribution >= 0.6 is 0 Å². The lowest BCUT2D eigenvalue weighted by atomic mass is 10.3. The van der Waals surface area contributed by atoms with E-state index in [1.165, 1.54) is 0 Å². The molecule has 1 aliphatic rings. The zero-order valence-electron chi connectivity index (χ0n) is 6.54. The van der Waals surface area contributed by atoms with Gasteiger partial charge in [0.2, 0.25) is 5.91 Å². The van der Waals surface area contributed by atoms with Crippen LogP contribution in [0.25, 0.3) is 0 Å². The molecule has 0 saturated carbocycles. The third kappa shape index (κ3) is 3.29. The highest BCUT2D eigenvalue weighted by molar-refractivity contribution is 7.79. The molecule has 12 heavy (non-hydrogen) atoms. The second kappa shape index (κ2) is 4.54. The van der Waals surface area contributed by atoms with Crippen molar-refractivity contribution in [2.75, 3.05) is 18.8 Å². The Hall–Kier alpha value is -0.460. The summed E-state index contributed by atoms with van der Waals surface area (Å²) >= 11 is -2.28. The van der Waals surface area contributed by atoms with E-state index in [4.69, 9.17) is 0 Å². The van der Waals surface area contributed by atoms with Crippen molar-refractivity contribution in [2.24, 2.45) is 0 Å². The van der Waals surface area contributed by atoms with E-state index in [1.54, 1.807) is 0 Å². The van der Waals surface area contributed by atoms with Crippen molar-refractivity contribution in [3.05, 3.63) is 0 Å². The van der Waals surface area contributed by atoms with Gasteiger partial charge in [-0.1, -0.05) is 0 Å². The first-order valence-electron chi connectivity index (χ1n) is 3.74. The van der Waals surface area contributed by atoms with Gasteiger partial charge in [-0.15, -0.1) is 0 Å². The first-order chi connectivity index (χ1) is 5.68. The van der Waals surface area contributed by atoms with Gasteiger partial charge < -0.3 is 15.2 Å². The van der Waals surface area contributed by atoms with E-state index in [2.05, 4.69) is 10.6 Å². The fourth-order valence-corrected chi connectivity index (χ4v) is 1.45. The van der Waals surface area contributed by atoms with Crippen molar-refractivity contribution in [3.63, 3.8) is 0 Å². The fourth-order valence-electron chi connectivity index (χ4n) is 1.15. The Kier molecular flexibility index (Phi) is 3.64. The maximum absolute atomic E-state index is 10.9. The monoisotopic (exact) mass is 191 g/mol. The zero-order chi connectivity index (χ0) is 8.97. The molecule has 1 fully saturated rings. The first kappa shape index (κ1) is 9.63. The number of nitrogens with one attached hydrogen (secondary N) is 2. The van der Waals surface area contributed by atoms with E-state index in [0.29, 0.717) is 0 Å². The molecule has 0 spiro atoms. The van der Waals surface area contributed by atoms with E-state index >= 15 is 0 Å². The molecule has 0 aromatic heterocycles. The molecule has 2 unspecified atom stereocenters. The van der Waals surface area contributed by atoms with Crippen LogP contribution in [0.1, 0.15) is 6.42 Å². The van der Waals surface area contributed by atoms with Gasteiger partial charge in [-0.2, -0.15) is 0 Å². The highest BCUT2D eigenvalue weighted by Crippen LogP contribution is 1.96. The Labute approximate surface area is 73.2 Å². The Balaban J connectivity index is 2.20. The smallest absolute Gasteiger partial charge is 0.231 e. The molecule has 1 aliphatic heterocycles. The standard InChI is InChI=1S/C6H12N2O3S/c9-6(4-12(10)11)8-5-1-2-7-3-5/h5,7H,1-4H2,(H,8,9)(H,10,11)/p-1. The number of amides is 1. The van der Waals surface area contributed by atoms with E-state index in [0.717, 1.165) is 19.5 Å². The second-order valence-corrected chi connectivity index (χ2v) is 3.60. The van der Waals surface area contributed by atoms with Gasteiger partial charge in [0.15, 0.2) is 0 Å². The number of carbonyl (C=O) groups is 1. The average molecular weight is 191 g/mol. The number of hydrogen-bond donors (Lipinski definition) is 2. The van der Waals surface area contributed by atoms with Crippen molar-refractivity contribution in [1.82, 2.24) is 10.6 Å². The fraction of sp³-hybridized carbons (Fsp3) is 0.833. The number of rotatable bonds is 3. The van der Waals surface area contributed by atoms with Gasteiger partial charge in [0.05, 0.1) is 5.75 Å². The molecule has 1 saturated heterocycles. The SMILES string of the molecule is O=C(CS(=O)[O-])NC1CCNC1. The minimum absolute atomic E-state index is 0.0982. The molecule has 6 heteroatoms. The maximum Gasteiger partial charge on any atom is 0.231 e. The quantitative estimate of drug-likeness (QED) is 0.523. The molecule has 2 atom stereocenters. The number of hydrogen-bond acceptors (Lipinski definition) is 4. The normalized spacial score (nSPS) is 25.2. The van der Waals surface area contributed by atoms with Crippen LogP contribution in [0.5, 0.6) is 0 Å². The van der Waals surface area contributed by atoms with E-state index in [-0.39, 0.29) is 6.04 Å². The lowest BCUT2D eigenvalue weighted by Gasteiger charge is -2.11. The largest absolute Gasteiger partial charge is 0.772 e. The van der Waals surface area contributed by atoms with E-state index in [9.17, 15) is 13.6 Å². The Morgan fingerprint density at radius 1 is 1.75 bits per heavy atom. The van der Waals surface area contributed by atoms with Gasteiger partial charge in [-0.05, 0) is 24.0 Å². The molecule has 1 amide bonds. The summed E-state index contributed by atoms with van der Waals surface area (Å²) < 4.78 is 20.2. The van der Waals surface area contributed by atoms with Gasteiger partial charge >= 0.3 is 0 Å². The van der Waals surface area contributed by atoms with Crippen molar-refractivity contribution in [1.29, 1.82) is 0 Å². The summed E-state index contributed by atoms with van der Waals surface area (Å²) in [5.41, 5.74) is 0. The molecule has 0 radical (unpaired) electrons. The summed E-state index contributed by atoms with van der Waals surface area (Å²) in [6.07, 6.45) is 0.872. The number of carbonyl (C=O) groups excluding carboxylic acids is 1. The topological polar surface area (TPSA) is 81.3 Å². The highest BCUT2D eigenvalue weighted by atomic mass is 32.2. The molecule has 0 bridgehead atoms. The Morgan fingerprint density at radius 3 is 3.00 bits per heavy atom. The third-order valence-corrected chi connectivity index (χ3v) is 2.17. The van der Waals surface area contributed by atoms with Crippen molar-refractivity contribution in [3.8, 4) is 0 Å².